The van der Waals surface area contributed by atoms with E-state index in [2.05, 4.69) is 0 Å². The van der Waals surface area contributed by atoms with Gasteiger partial charge in [-0.1, -0.05) is 67.7 Å². The first kappa shape index (κ1) is 23.1. The summed E-state index contributed by atoms with van der Waals surface area (Å²) in [6.45, 7) is 2.04. The lowest BCUT2D eigenvalue weighted by molar-refractivity contribution is -0.137. The summed E-state index contributed by atoms with van der Waals surface area (Å²) in [6, 6.07) is 0. The highest BCUT2D eigenvalue weighted by Gasteiger charge is 2.12. The number of aliphatic hydroxyl groups excluding tert-OH is 3. The molecule has 0 amide bonds. The number of aliphatic carboxylic acids is 1. The van der Waals surface area contributed by atoms with Gasteiger partial charge in [0.1, 0.15) is 0 Å². The highest BCUT2D eigenvalue weighted by molar-refractivity contribution is 5.66. The van der Waals surface area contributed by atoms with Crippen molar-refractivity contribution in [2.45, 2.75) is 57.3 Å². The number of allylic oxidation sites excluding steroid dienone is 7. The van der Waals surface area contributed by atoms with E-state index in [-0.39, 0.29) is 12.8 Å². The van der Waals surface area contributed by atoms with Gasteiger partial charge in [-0.3, -0.25) is 4.79 Å². The average Bonchev–Trinajstić information content (AvgIpc) is 2.56. The number of hydrogen-bond donors (Lipinski definition) is 4. The van der Waals surface area contributed by atoms with Gasteiger partial charge in [0.25, 0.3) is 0 Å². The van der Waals surface area contributed by atoms with E-state index < -0.39 is 24.3 Å². The first-order chi connectivity index (χ1) is 12.0. The van der Waals surface area contributed by atoms with Crippen molar-refractivity contribution in [1.29, 1.82) is 0 Å². The van der Waals surface area contributed by atoms with Crippen molar-refractivity contribution in [3.05, 3.63) is 60.8 Å². The molecule has 0 aromatic heterocycles. The summed E-state index contributed by atoms with van der Waals surface area (Å²) in [6.07, 6.45) is 17.2. The summed E-state index contributed by atoms with van der Waals surface area (Å²) in [5.74, 6) is -0.911. The van der Waals surface area contributed by atoms with Crippen LogP contribution in [0.2, 0.25) is 0 Å². The molecule has 0 saturated heterocycles. The van der Waals surface area contributed by atoms with Crippen LogP contribution in [0, 0.1) is 0 Å². The highest BCUT2D eigenvalue weighted by atomic mass is 16.4. The largest absolute Gasteiger partial charge is 0.481 e. The highest BCUT2D eigenvalue weighted by Crippen LogP contribution is 2.06. The van der Waals surface area contributed by atoms with Crippen molar-refractivity contribution in [3.63, 3.8) is 0 Å². The number of rotatable bonds is 13. The van der Waals surface area contributed by atoms with Crippen molar-refractivity contribution >= 4 is 5.97 Å². The van der Waals surface area contributed by atoms with Gasteiger partial charge < -0.3 is 20.4 Å². The van der Waals surface area contributed by atoms with Crippen LogP contribution in [0.3, 0.4) is 0 Å². The Morgan fingerprint density at radius 1 is 0.920 bits per heavy atom. The van der Waals surface area contributed by atoms with E-state index in [0.717, 1.165) is 6.42 Å². The lowest BCUT2D eigenvalue weighted by atomic mass is 10.1. The lowest BCUT2D eigenvalue weighted by Gasteiger charge is -2.13. The molecule has 0 aliphatic carbocycles. The Morgan fingerprint density at radius 3 is 2.12 bits per heavy atom. The number of carbonyl (C=O) groups is 1. The fourth-order valence-corrected chi connectivity index (χ4v) is 1.87. The molecule has 0 heterocycles. The van der Waals surface area contributed by atoms with Gasteiger partial charge in [0.15, 0.2) is 0 Å². The summed E-state index contributed by atoms with van der Waals surface area (Å²) in [5, 5.41) is 37.5. The van der Waals surface area contributed by atoms with Crippen LogP contribution in [0.1, 0.15) is 39.0 Å². The van der Waals surface area contributed by atoms with Gasteiger partial charge in [-0.25, -0.2) is 0 Å². The van der Waals surface area contributed by atoms with Gasteiger partial charge in [-0.05, 0) is 25.7 Å². The molecule has 0 unspecified atom stereocenters. The molecule has 0 spiro atoms. The molecule has 4 N–H and O–H groups in total. The third kappa shape index (κ3) is 15.3. The second-order valence-corrected chi connectivity index (χ2v) is 5.57. The minimum atomic E-state index is -1.02. The zero-order chi connectivity index (χ0) is 18.9. The van der Waals surface area contributed by atoms with Crippen molar-refractivity contribution in [2.24, 2.45) is 0 Å². The lowest BCUT2D eigenvalue weighted by Crippen LogP contribution is -2.23. The van der Waals surface area contributed by atoms with Crippen LogP contribution in [0.15, 0.2) is 60.8 Å². The molecule has 0 aliphatic rings. The minimum absolute atomic E-state index is 0.0186. The van der Waals surface area contributed by atoms with E-state index in [1.165, 1.54) is 6.08 Å². The zero-order valence-electron chi connectivity index (χ0n) is 14.7. The van der Waals surface area contributed by atoms with Crippen LogP contribution < -0.4 is 0 Å². The molecule has 25 heavy (non-hydrogen) atoms. The summed E-state index contributed by atoms with van der Waals surface area (Å²) < 4.78 is 0. The predicted molar refractivity (Wildman–Crippen MR) is 100 cm³/mol. The molecule has 3 atom stereocenters. The van der Waals surface area contributed by atoms with Gasteiger partial charge in [-0.2, -0.15) is 0 Å². The molecule has 140 valence electrons. The van der Waals surface area contributed by atoms with Crippen LogP contribution >= 0.6 is 0 Å². The van der Waals surface area contributed by atoms with E-state index in [1.807, 2.05) is 19.1 Å². The van der Waals surface area contributed by atoms with Gasteiger partial charge in [0.2, 0.25) is 0 Å². The maximum atomic E-state index is 10.4. The molecule has 0 aromatic rings. The van der Waals surface area contributed by atoms with Crippen LogP contribution in [-0.2, 0) is 4.79 Å². The number of carboxylic acid groups (broad SMARTS) is 1. The van der Waals surface area contributed by atoms with E-state index >= 15 is 0 Å². The standard InChI is InChI=1S/C20H30O5/c1-2-3-8-12-17(21)13-9-6-4-5-7-10-14-18(22)19(23)15-11-16-20(24)25/h3-10,13-14,17-19,21-23H,2,11-12,15-16H2,1H3,(H,24,25)/t17-,18-,19+/m1/s1. The van der Waals surface area contributed by atoms with Gasteiger partial charge in [0.05, 0.1) is 18.3 Å². The summed E-state index contributed by atoms with van der Waals surface area (Å²) in [5.41, 5.74) is 0. The molecule has 5 nitrogen and oxygen atoms in total. The second kappa shape index (κ2) is 15.6. The van der Waals surface area contributed by atoms with Crippen molar-refractivity contribution < 1.29 is 25.2 Å². The Kier molecular flexibility index (Phi) is 14.4. The van der Waals surface area contributed by atoms with Crippen LogP contribution in [0.25, 0.3) is 0 Å². The molecular formula is C20H30O5. The first-order valence-electron chi connectivity index (χ1n) is 8.56. The van der Waals surface area contributed by atoms with E-state index in [4.69, 9.17) is 5.11 Å². The predicted octanol–water partition coefficient (Wildman–Crippen LogP) is 2.91. The van der Waals surface area contributed by atoms with Gasteiger partial charge in [0, 0.05) is 6.42 Å². The molecule has 0 aromatic carbocycles. The molecule has 0 fully saturated rings. The SMILES string of the molecule is CCC=CC[C@@H](O)C=CC=CC=CC=C[C@@H](O)[C@@H](O)CCCC(=O)O. The van der Waals surface area contributed by atoms with E-state index in [9.17, 15) is 20.1 Å². The maximum absolute atomic E-state index is 10.4. The Bertz CT molecular complexity index is 488. The first-order valence-corrected chi connectivity index (χ1v) is 8.56. The number of aliphatic hydroxyl groups is 3. The van der Waals surface area contributed by atoms with E-state index in [1.54, 1.807) is 42.5 Å². The average molecular weight is 350 g/mol. The van der Waals surface area contributed by atoms with Crippen molar-refractivity contribution in [1.82, 2.24) is 0 Å². The molecule has 5 heteroatoms. The Balaban J connectivity index is 4.02. The van der Waals surface area contributed by atoms with Crippen LogP contribution in [-0.4, -0.2) is 44.7 Å². The quantitative estimate of drug-likeness (QED) is 0.302. The van der Waals surface area contributed by atoms with Crippen molar-refractivity contribution in [3.8, 4) is 0 Å². The molecule has 0 radical (unpaired) electrons. The van der Waals surface area contributed by atoms with Crippen LogP contribution in [0.4, 0.5) is 0 Å². The normalized spacial score (nSPS) is 16.6. The Morgan fingerprint density at radius 2 is 1.52 bits per heavy atom. The third-order valence-corrected chi connectivity index (χ3v) is 3.26. The minimum Gasteiger partial charge on any atom is -0.481 e. The van der Waals surface area contributed by atoms with Crippen LogP contribution in [0.5, 0.6) is 0 Å². The fraction of sp³-hybridized carbons (Fsp3) is 0.450. The van der Waals surface area contributed by atoms with Crippen molar-refractivity contribution in [2.75, 3.05) is 0 Å². The Labute approximate surface area is 150 Å². The maximum Gasteiger partial charge on any atom is 0.303 e. The second-order valence-electron chi connectivity index (χ2n) is 5.57. The number of hydrogen-bond acceptors (Lipinski definition) is 4. The summed E-state index contributed by atoms with van der Waals surface area (Å²) in [7, 11) is 0. The molecule has 0 rings (SSSR count). The molecule has 0 aliphatic heterocycles. The smallest absolute Gasteiger partial charge is 0.303 e. The van der Waals surface area contributed by atoms with Gasteiger partial charge >= 0.3 is 5.97 Å². The summed E-state index contributed by atoms with van der Waals surface area (Å²) in [4.78, 5) is 10.4. The fourth-order valence-electron chi connectivity index (χ4n) is 1.87. The molecular weight excluding hydrogens is 320 g/mol. The molecule has 0 saturated carbocycles. The van der Waals surface area contributed by atoms with E-state index in [0.29, 0.717) is 12.8 Å². The Hall–Kier alpha value is -1.95. The van der Waals surface area contributed by atoms with Gasteiger partial charge in [-0.15, -0.1) is 0 Å². The topological polar surface area (TPSA) is 98.0 Å². The number of carboxylic acids is 1. The zero-order valence-corrected chi connectivity index (χ0v) is 14.7. The monoisotopic (exact) mass is 350 g/mol. The summed E-state index contributed by atoms with van der Waals surface area (Å²) >= 11 is 0. The third-order valence-electron chi connectivity index (χ3n) is 3.26. The molecule has 0 bridgehead atoms.